The van der Waals surface area contributed by atoms with E-state index in [0.29, 0.717) is 6.54 Å². The van der Waals surface area contributed by atoms with Gasteiger partial charge in [-0.1, -0.05) is 0 Å². The monoisotopic (exact) mass is 163 g/mol. The summed E-state index contributed by atoms with van der Waals surface area (Å²) >= 11 is 0. The van der Waals surface area contributed by atoms with Crippen LogP contribution in [0.5, 0.6) is 0 Å². The smallest absolute Gasteiger partial charge is 0.0553 e. The van der Waals surface area contributed by atoms with Gasteiger partial charge >= 0.3 is 0 Å². The summed E-state index contributed by atoms with van der Waals surface area (Å²) in [7, 11) is 0. The summed E-state index contributed by atoms with van der Waals surface area (Å²) < 4.78 is 0. The van der Waals surface area contributed by atoms with E-state index < -0.39 is 0 Å². The molecule has 0 aromatic rings. The van der Waals surface area contributed by atoms with E-state index >= 15 is 0 Å². The van der Waals surface area contributed by atoms with Crippen molar-refractivity contribution in [2.45, 2.75) is 0 Å². The van der Waals surface area contributed by atoms with Crippen LogP contribution in [0, 0.1) is 0 Å². The molecule has 0 atom stereocenters. The number of aliphatic hydroxyl groups is 1. The third-order valence-electron chi connectivity index (χ3n) is 0.129. The molecule has 0 saturated carbocycles. The van der Waals surface area contributed by atoms with Crippen molar-refractivity contribution in [2.75, 3.05) is 13.2 Å². The molecule has 0 saturated heterocycles. The first kappa shape index (κ1) is 9.11. The zero-order chi connectivity index (χ0) is 3.41. The van der Waals surface area contributed by atoms with Gasteiger partial charge in [-0.05, 0) is 0 Å². The van der Waals surface area contributed by atoms with Gasteiger partial charge in [0.05, 0.1) is 6.61 Å². The largest absolute Gasteiger partial charge is 0.395 e. The Morgan fingerprint density at radius 3 is 1.80 bits per heavy atom. The van der Waals surface area contributed by atoms with Gasteiger partial charge in [0.2, 0.25) is 0 Å². The van der Waals surface area contributed by atoms with Crippen molar-refractivity contribution < 1.29 is 24.6 Å². The number of aliphatic hydroxyl groups excluding tert-OH is 1. The summed E-state index contributed by atoms with van der Waals surface area (Å²) in [5.74, 6) is 0. The van der Waals surface area contributed by atoms with E-state index in [1.165, 1.54) is 0 Å². The first-order chi connectivity index (χ1) is 1.91. The van der Waals surface area contributed by atoms with E-state index in [1.54, 1.807) is 0 Å². The fourth-order valence-electron chi connectivity index (χ4n) is 0. The second-order valence-electron chi connectivity index (χ2n) is 0.512. The molecule has 0 fully saturated rings. The summed E-state index contributed by atoms with van der Waals surface area (Å²) in [6, 6.07) is 0. The summed E-state index contributed by atoms with van der Waals surface area (Å²) in [5, 5.41) is 7.75. The molecular weight excluding hydrogens is 155 g/mol. The van der Waals surface area contributed by atoms with Crippen LogP contribution < -0.4 is 5.73 Å². The molecule has 0 aliphatic heterocycles. The van der Waals surface area contributed by atoms with Crippen molar-refractivity contribution >= 4 is 0 Å². The average Bonchev–Trinajstić information content (AvgIpc) is 1.37. The minimum atomic E-state index is 0. The number of nitrogens with two attached hydrogens (primary N) is 1. The molecule has 0 aromatic heterocycles. The minimum absolute atomic E-state index is 0. The number of rotatable bonds is 1. The van der Waals surface area contributed by atoms with Gasteiger partial charge in [0, 0.05) is 26.0 Å². The van der Waals surface area contributed by atoms with Crippen LogP contribution in [0.2, 0.25) is 0 Å². The van der Waals surface area contributed by atoms with Crippen molar-refractivity contribution in [1.82, 2.24) is 0 Å². The van der Waals surface area contributed by atoms with Gasteiger partial charge in [-0.25, -0.2) is 0 Å². The zero-order valence-corrected chi connectivity index (χ0v) is 4.53. The van der Waals surface area contributed by atoms with E-state index in [1.807, 2.05) is 0 Å². The zero-order valence-electron chi connectivity index (χ0n) is 2.79. The first-order valence-electron chi connectivity index (χ1n) is 1.22. The van der Waals surface area contributed by atoms with Crippen LogP contribution in [-0.4, -0.2) is 18.3 Å². The second kappa shape index (κ2) is 8.82. The van der Waals surface area contributed by atoms with Crippen LogP contribution in [0.25, 0.3) is 0 Å². The van der Waals surface area contributed by atoms with E-state index in [0.717, 1.165) is 0 Å². The van der Waals surface area contributed by atoms with Crippen LogP contribution in [0.4, 0.5) is 0 Å². The fraction of sp³-hybridized carbons (Fsp3) is 1.00. The van der Waals surface area contributed by atoms with Gasteiger partial charge in [-0.15, -0.1) is 0 Å². The predicted octanol–water partition coefficient (Wildman–Crippen LogP) is -1.07. The average molecular weight is 162 g/mol. The molecule has 0 unspecified atom stereocenters. The van der Waals surface area contributed by atoms with Crippen molar-refractivity contribution in [3.8, 4) is 0 Å². The Kier molecular flexibility index (Phi) is 16.1. The summed E-state index contributed by atoms with van der Waals surface area (Å²) in [5.41, 5.74) is 4.78. The van der Waals surface area contributed by atoms with Gasteiger partial charge < -0.3 is 10.8 Å². The second-order valence-corrected chi connectivity index (χ2v) is 0.512. The summed E-state index contributed by atoms with van der Waals surface area (Å²) in [4.78, 5) is 0. The number of hydrogen-bond donors (Lipinski definition) is 2. The van der Waals surface area contributed by atoms with E-state index in [4.69, 9.17) is 10.8 Å². The van der Waals surface area contributed by atoms with Crippen LogP contribution in [0.3, 0.4) is 0 Å². The van der Waals surface area contributed by atoms with Crippen molar-refractivity contribution in [3.63, 3.8) is 0 Å². The molecule has 2 nitrogen and oxygen atoms in total. The predicted molar refractivity (Wildman–Crippen MR) is 16.1 cm³/mol. The Morgan fingerprint density at radius 2 is 1.80 bits per heavy atom. The van der Waals surface area contributed by atoms with Crippen molar-refractivity contribution in [3.05, 3.63) is 0 Å². The van der Waals surface area contributed by atoms with Gasteiger partial charge in [0.25, 0.3) is 0 Å². The van der Waals surface area contributed by atoms with Gasteiger partial charge in [-0.3, -0.25) is 0 Å². The Labute approximate surface area is 44.1 Å². The van der Waals surface area contributed by atoms with Crippen LogP contribution in [-0.2, 0) is 19.5 Å². The summed E-state index contributed by atoms with van der Waals surface area (Å²) in [6.07, 6.45) is 0. The van der Waals surface area contributed by atoms with E-state index in [2.05, 4.69) is 0 Å². The molecule has 0 bridgehead atoms. The third kappa shape index (κ3) is 12.3. The molecule has 0 radical (unpaired) electrons. The Morgan fingerprint density at radius 1 is 1.60 bits per heavy atom. The maximum Gasteiger partial charge on any atom is 0.0553 e. The maximum atomic E-state index is 7.75. The van der Waals surface area contributed by atoms with E-state index in [9.17, 15) is 0 Å². The topological polar surface area (TPSA) is 46.2 Å². The number of hydrogen-bond acceptors (Lipinski definition) is 2. The molecule has 0 heterocycles. The Bertz CT molecular complexity index is 11.6. The first-order valence-corrected chi connectivity index (χ1v) is 1.22. The van der Waals surface area contributed by atoms with E-state index in [-0.39, 0.29) is 26.1 Å². The molecule has 0 rings (SSSR count). The SMILES string of the molecule is NCCO.[Ru]. The quantitative estimate of drug-likeness (QED) is 0.482. The molecule has 0 spiro atoms. The standard InChI is InChI=1S/C2H7NO.Ru/c3-1-2-4;/h4H,1-3H2;. The molecule has 0 aliphatic carbocycles. The van der Waals surface area contributed by atoms with Crippen LogP contribution in [0.1, 0.15) is 0 Å². The Hall–Kier alpha value is 0.543. The molecule has 0 aliphatic rings. The molecule has 5 heavy (non-hydrogen) atoms. The van der Waals surface area contributed by atoms with Crippen molar-refractivity contribution in [2.24, 2.45) is 5.73 Å². The molecule has 3 heteroatoms. The fourth-order valence-corrected chi connectivity index (χ4v) is 0. The molecule has 0 amide bonds. The van der Waals surface area contributed by atoms with Crippen LogP contribution >= 0.6 is 0 Å². The minimum Gasteiger partial charge on any atom is -0.395 e. The third-order valence-corrected chi connectivity index (χ3v) is 0.129. The summed E-state index contributed by atoms with van der Waals surface area (Å²) in [6.45, 7) is 0.472. The van der Waals surface area contributed by atoms with Gasteiger partial charge in [-0.2, -0.15) is 0 Å². The Balaban J connectivity index is 0. The van der Waals surface area contributed by atoms with Crippen molar-refractivity contribution in [1.29, 1.82) is 0 Å². The van der Waals surface area contributed by atoms with Gasteiger partial charge in [0.15, 0.2) is 0 Å². The normalized spacial score (nSPS) is 6.00. The maximum absolute atomic E-state index is 7.75. The molecule has 34 valence electrons. The molecule has 0 aromatic carbocycles. The van der Waals surface area contributed by atoms with Gasteiger partial charge in [0.1, 0.15) is 0 Å². The van der Waals surface area contributed by atoms with Crippen LogP contribution in [0.15, 0.2) is 0 Å². The molecule has 3 N–H and O–H groups in total. The molecular formula is C2H7NORu.